The SMILES string of the molecule is c1ccc(-c2cc3oc4c(ccc5c4c4ccccc4n5-c4nc(-c5cc6oc7ccccc7c6c6ccccc56)c5ccccc5n4)c3c3ccccc23)cc1. The van der Waals surface area contributed by atoms with Gasteiger partial charge in [0.2, 0.25) is 5.95 Å². The van der Waals surface area contributed by atoms with Gasteiger partial charge in [0.15, 0.2) is 0 Å². The quantitative estimate of drug-likeness (QED) is 0.182. The second-order valence-corrected chi connectivity index (χ2v) is 14.8. The van der Waals surface area contributed by atoms with Gasteiger partial charge in [-0.2, -0.15) is 0 Å². The van der Waals surface area contributed by atoms with Crippen LogP contribution in [0.4, 0.5) is 0 Å². The van der Waals surface area contributed by atoms with Gasteiger partial charge in [0.05, 0.1) is 27.6 Å². The molecule has 0 aliphatic carbocycles. The van der Waals surface area contributed by atoms with Crippen molar-refractivity contribution < 1.29 is 8.83 Å². The average Bonchev–Trinajstić information content (AvgIpc) is 3.95. The lowest BCUT2D eigenvalue weighted by molar-refractivity contribution is 0.669. The monoisotopic (exact) mass is 727 g/mol. The molecule has 0 atom stereocenters. The molecule has 9 aromatic carbocycles. The molecule has 5 heteroatoms. The molecule has 0 aliphatic rings. The summed E-state index contributed by atoms with van der Waals surface area (Å²) in [6.45, 7) is 0. The number of hydrogen-bond donors (Lipinski definition) is 0. The zero-order chi connectivity index (χ0) is 37.2. The molecular formula is C52H29N3O2. The largest absolute Gasteiger partial charge is 0.456 e. The van der Waals surface area contributed by atoms with E-state index in [0.717, 1.165) is 110 Å². The Morgan fingerprint density at radius 1 is 0.368 bits per heavy atom. The summed E-state index contributed by atoms with van der Waals surface area (Å²) in [6, 6.07) is 61.6. The average molecular weight is 728 g/mol. The van der Waals surface area contributed by atoms with Crippen LogP contribution in [0.3, 0.4) is 0 Å². The molecule has 0 bridgehead atoms. The molecule has 4 aromatic heterocycles. The third kappa shape index (κ3) is 4.23. The van der Waals surface area contributed by atoms with Crippen LogP contribution in [0.2, 0.25) is 0 Å². The molecule has 0 saturated heterocycles. The standard InChI is InChI=1S/C52H29N3O2/c1-2-14-30(15-3-1)39-28-46-48(33-18-6-4-16-31(33)39)38-26-27-43-49(51(38)57-46)36-21-9-12-24-42(36)55(43)52-53-41-23-11-8-20-35(41)50(54-52)40-29-45-47(34-19-7-5-17-32(34)40)37-22-10-13-25-44(37)56-45/h1-29H. The molecule has 0 unspecified atom stereocenters. The smallest absolute Gasteiger partial charge is 0.235 e. The van der Waals surface area contributed by atoms with Crippen LogP contribution in [0.1, 0.15) is 0 Å². The van der Waals surface area contributed by atoms with Crippen molar-refractivity contribution in [3.63, 3.8) is 0 Å². The number of furan rings is 2. The van der Waals surface area contributed by atoms with Crippen LogP contribution in [0, 0.1) is 0 Å². The highest BCUT2D eigenvalue weighted by Crippen LogP contribution is 2.46. The van der Waals surface area contributed by atoms with Gasteiger partial charge in [0.1, 0.15) is 22.3 Å². The predicted octanol–water partition coefficient (Wildman–Crippen LogP) is 14.2. The maximum absolute atomic E-state index is 7.01. The van der Waals surface area contributed by atoms with E-state index < -0.39 is 0 Å². The van der Waals surface area contributed by atoms with Gasteiger partial charge in [0.25, 0.3) is 0 Å². The van der Waals surface area contributed by atoms with Crippen LogP contribution in [0.15, 0.2) is 185 Å². The number of aromatic nitrogens is 3. The van der Waals surface area contributed by atoms with Gasteiger partial charge in [-0.05, 0) is 75.1 Å². The van der Waals surface area contributed by atoms with E-state index in [4.69, 9.17) is 18.8 Å². The zero-order valence-corrected chi connectivity index (χ0v) is 30.4. The zero-order valence-electron chi connectivity index (χ0n) is 30.4. The molecule has 0 amide bonds. The highest BCUT2D eigenvalue weighted by molar-refractivity contribution is 6.29. The summed E-state index contributed by atoms with van der Waals surface area (Å²) < 4.78 is 15.7. The first-order valence-electron chi connectivity index (χ1n) is 19.2. The lowest BCUT2D eigenvalue weighted by atomic mass is 9.95. The van der Waals surface area contributed by atoms with Crippen molar-refractivity contribution in [1.82, 2.24) is 14.5 Å². The van der Waals surface area contributed by atoms with Crippen molar-refractivity contribution in [2.24, 2.45) is 0 Å². The molecule has 0 radical (unpaired) electrons. The van der Waals surface area contributed by atoms with E-state index in [9.17, 15) is 0 Å². The minimum Gasteiger partial charge on any atom is -0.456 e. The highest BCUT2D eigenvalue weighted by Gasteiger charge is 2.24. The maximum atomic E-state index is 7.01. The highest BCUT2D eigenvalue weighted by atomic mass is 16.3. The number of hydrogen-bond acceptors (Lipinski definition) is 4. The van der Waals surface area contributed by atoms with Gasteiger partial charge in [-0.25, -0.2) is 9.97 Å². The van der Waals surface area contributed by atoms with Crippen LogP contribution in [-0.2, 0) is 0 Å². The Labute approximate surface area is 324 Å². The van der Waals surface area contributed by atoms with Crippen LogP contribution < -0.4 is 0 Å². The second-order valence-electron chi connectivity index (χ2n) is 14.8. The van der Waals surface area contributed by atoms with Gasteiger partial charge in [-0.1, -0.05) is 133 Å². The van der Waals surface area contributed by atoms with E-state index >= 15 is 0 Å². The fraction of sp³-hybridized carbons (Fsp3) is 0. The van der Waals surface area contributed by atoms with Crippen molar-refractivity contribution in [3.8, 4) is 28.3 Å². The number of benzene rings is 9. The van der Waals surface area contributed by atoms with Crippen LogP contribution in [-0.4, -0.2) is 14.5 Å². The number of para-hydroxylation sites is 3. The van der Waals surface area contributed by atoms with E-state index in [1.807, 2.05) is 18.2 Å². The normalized spacial score (nSPS) is 12.2. The Hall–Kier alpha value is -7.76. The van der Waals surface area contributed by atoms with Crippen LogP contribution in [0.25, 0.3) is 126 Å². The first-order valence-corrected chi connectivity index (χ1v) is 19.2. The lowest BCUT2D eigenvalue weighted by Crippen LogP contribution is -2.03. The fourth-order valence-electron chi connectivity index (χ4n) is 9.38. The molecule has 57 heavy (non-hydrogen) atoms. The van der Waals surface area contributed by atoms with E-state index in [1.54, 1.807) is 0 Å². The Bertz CT molecular complexity index is 3820. The second kappa shape index (κ2) is 11.4. The van der Waals surface area contributed by atoms with E-state index in [0.29, 0.717) is 5.95 Å². The number of rotatable bonds is 3. The molecule has 13 aromatic rings. The minimum atomic E-state index is 0.593. The summed E-state index contributed by atoms with van der Waals surface area (Å²) in [7, 11) is 0. The molecule has 0 fully saturated rings. The third-order valence-corrected chi connectivity index (χ3v) is 11.8. The summed E-state index contributed by atoms with van der Waals surface area (Å²) in [5, 5.41) is 12.1. The van der Waals surface area contributed by atoms with E-state index in [1.165, 1.54) is 10.8 Å². The van der Waals surface area contributed by atoms with Gasteiger partial charge < -0.3 is 8.83 Å². The first-order chi connectivity index (χ1) is 28.3. The predicted molar refractivity (Wildman–Crippen MR) is 234 cm³/mol. The van der Waals surface area contributed by atoms with Crippen molar-refractivity contribution in [2.75, 3.05) is 0 Å². The van der Waals surface area contributed by atoms with Gasteiger partial charge in [0, 0.05) is 37.9 Å². The van der Waals surface area contributed by atoms with Gasteiger partial charge in [-0.15, -0.1) is 0 Å². The Balaban J connectivity index is 1.12. The Morgan fingerprint density at radius 2 is 0.965 bits per heavy atom. The first kappa shape index (κ1) is 30.6. The fourth-order valence-corrected chi connectivity index (χ4v) is 9.38. The van der Waals surface area contributed by atoms with Gasteiger partial charge in [-0.3, -0.25) is 4.57 Å². The summed E-state index contributed by atoms with van der Waals surface area (Å²) >= 11 is 0. The summed E-state index contributed by atoms with van der Waals surface area (Å²) in [5.41, 5.74) is 10.4. The molecular weight excluding hydrogens is 699 g/mol. The molecule has 264 valence electrons. The minimum absolute atomic E-state index is 0.593. The Kier molecular flexibility index (Phi) is 6.10. The molecule has 0 spiro atoms. The number of fused-ring (bicyclic) bond motifs is 15. The molecule has 4 heterocycles. The lowest BCUT2D eigenvalue weighted by Gasteiger charge is -2.13. The van der Waals surface area contributed by atoms with E-state index in [-0.39, 0.29) is 0 Å². The van der Waals surface area contributed by atoms with E-state index in [2.05, 4.69) is 162 Å². The van der Waals surface area contributed by atoms with Crippen molar-refractivity contribution >= 4 is 98.1 Å². The molecule has 0 saturated carbocycles. The van der Waals surface area contributed by atoms with Crippen molar-refractivity contribution in [1.29, 1.82) is 0 Å². The third-order valence-electron chi connectivity index (χ3n) is 11.8. The maximum Gasteiger partial charge on any atom is 0.235 e. The molecule has 0 N–H and O–H groups in total. The summed E-state index contributed by atoms with van der Waals surface area (Å²) in [5.74, 6) is 0.593. The van der Waals surface area contributed by atoms with Crippen molar-refractivity contribution in [2.45, 2.75) is 0 Å². The van der Waals surface area contributed by atoms with Crippen LogP contribution >= 0.6 is 0 Å². The van der Waals surface area contributed by atoms with Gasteiger partial charge >= 0.3 is 0 Å². The molecule has 13 rings (SSSR count). The molecule has 5 nitrogen and oxygen atoms in total. The topological polar surface area (TPSA) is 57.0 Å². The van der Waals surface area contributed by atoms with Crippen molar-refractivity contribution in [3.05, 3.63) is 176 Å². The summed E-state index contributed by atoms with van der Waals surface area (Å²) in [4.78, 5) is 10.8. The Morgan fingerprint density at radius 3 is 1.77 bits per heavy atom. The van der Waals surface area contributed by atoms with Crippen LogP contribution in [0.5, 0.6) is 0 Å². The number of nitrogens with zero attached hydrogens (tertiary/aromatic N) is 3. The molecule has 0 aliphatic heterocycles. The summed E-state index contributed by atoms with van der Waals surface area (Å²) in [6.07, 6.45) is 0.